The summed E-state index contributed by atoms with van der Waals surface area (Å²) in [4.78, 5) is 16.7. The minimum Gasteiger partial charge on any atom is -0.321 e. The molecule has 2 amide bonds. The topological polar surface area (TPSA) is 35.6 Å². The number of anilines is 1. The summed E-state index contributed by atoms with van der Waals surface area (Å²) in [6.07, 6.45) is 3.11. The fourth-order valence-corrected chi connectivity index (χ4v) is 3.04. The highest BCUT2D eigenvalue weighted by atomic mass is 16.2. The maximum Gasteiger partial charge on any atom is 0.322 e. The van der Waals surface area contributed by atoms with E-state index >= 15 is 0 Å². The molecule has 1 aromatic carbocycles. The van der Waals surface area contributed by atoms with Gasteiger partial charge in [0.25, 0.3) is 0 Å². The molecule has 1 N–H and O–H groups in total. The molecule has 1 aromatic rings. The number of likely N-dealkylation sites (tertiary alicyclic amines) is 1. The van der Waals surface area contributed by atoms with E-state index in [0.717, 1.165) is 44.6 Å². The quantitative estimate of drug-likeness (QED) is 0.839. The van der Waals surface area contributed by atoms with Crippen LogP contribution in [0, 0.1) is 0 Å². The van der Waals surface area contributed by atoms with Crippen LogP contribution in [-0.4, -0.2) is 48.6 Å². The molecule has 102 valence electrons. The van der Waals surface area contributed by atoms with E-state index in [1.807, 2.05) is 23.1 Å². The van der Waals surface area contributed by atoms with Crippen LogP contribution in [0.4, 0.5) is 10.5 Å². The van der Waals surface area contributed by atoms with Gasteiger partial charge in [-0.15, -0.1) is 0 Å². The molecule has 1 fully saturated rings. The summed E-state index contributed by atoms with van der Waals surface area (Å²) in [5, 5.41) is 3.05. The molecule has 0 aromatic heterocycles. The number of nitrogens with zero attached hydrogens (tertiary/aromatic N) is 2. The zero-order valence-corrected chi connectivity index (χ0v) is 11.4. The van der Waals surface area contributed by atoms with E-state index in [4.69, 9.17) is 0 Å². The molecule has 0 atom stereocenters. The molecule has 0 saturated carbocycles. The van der Waals surface area contributed by atoms with E-state index in [2.05, 4.69) is 23.3 Å². The van der Waals surface area contributed by atoms with Crippen molar-refractivity contribution in [1.29, 1.82) is 0 Å². The fourth-order valence-electron chi connectivity index (χ4n) is 3.04. The normalized spacial score (nSPS) is 21.7. The van der Waals surface area contributed by atoms with Gasteiger partial charge in [-0.3, -0.25) is 0 Å². The maximum atomic E-state index is 12.4. The van der Waals surface area contributed by atoms with Crippen LogP contribution in [0.25, 0.3) is 0 Å². The van der Waals surface area contributed by atoms with Gasteiger partial charge in [-0.2, -0.15) is 0 Å². The van der Waals surface area contributed by atoms with Gasteiger partial charge in [0.15, 0.2) is 0 Å². The molecule has 2 heterocycles. The molecular weight excluding hydrogens is 238 g/mol. The Hall–Kier alpha value is -1.55. The average molecular weight is 259 g/mol. The molecule has 2 aliphatic rings. The van der Waals surface area contributed by atoms with Crippen molar-refractivity contribution in [3.63, 3.8) is 0 Å². The molecule has 0 unspecified atom stereocenters. The maximum absolute atomic E-state index is 12.4. The van der Waals surface area contributed by atoms with Crippen molar-refractivity contribution in [3.05, 3.63) is 29.8 Å². The summed E-state index contributed by atoms with van der Waals surface area (Å²) < 4.78 is 0. The Morgan fingerprint density at radius 3 is 2.68 bits per heavy atom. The number of amides is 2. The van der Waals surface area contributed by atoms with Gasteiger partial charge in [-0.25, -0.2) is 4.79 Å². The van der Waals surface area contributed by atoms with Crippen molar-refractivity contribution in [1.82, 2.24) is 9.80 Å². The first-order valence-electron chi connectivity index (χ1n) is 7.08. The SMILES string of the molecule is CN1CCC(N2CCc3ccccc3NC2=O)CC1. The predicted octanol–water partition coefficient (Wildman–Crippen LogP) is 2.17. The number of hydrogen-bond donors (Lipinski definition) is 1. The third kappa shape index (κ3) is 2.59. The van der Waals surface area contributed by atoms with Gasteiger partial charge < -0.3 is 15.1 Å². The third-order valence-corrected chi connectivity index (χ3v) is 4.27. The van der Waals surface area contributed by atoms with E-state index in [-0.39, 0.29) is 6.03 Å². The van der Waals surface area contributed by atoms with E-state index < -0.39 is 0 Å². The second-order valence-electron chi connectivity index (χ2n) is 5.57. The van der Waals surface area contributed by atoms with Crippen molar-refractivity contribution in [2.45, 2.75) is 25.3 Å². The number of hydrogen-bond acceptors (Lipinski definition) is 2. The molecule has 19 heavy (non-hydrogen) atoms. The Kier molecular flexibility index (Phi) is 3.42. The van der Waals surface area contributed by atoms with Crippen molar-refractivity contribution in [3.8, 4) is 0 Å². The number of rotatable bonds is 1. The first-order chi connectivity index (χ1) is 9.24. The number of urea groups is 1. The van der Waals surface area contributed by atoms with Crippen molar-refractivity contribution in [2.24, 2.45) is 0 Å². The van der Waals surface area contributed by atoms with Crippen molar-refractivity contribution < 1.29 is 4.79 Å². The van der Waals surface area contributed by atoms with E-state index in [1.54, 1.807) is 0 Å². The van der Waals surface area contributed by atoms with Crippen molar-refractivity contribution in [2.75, 3.05) is 32.0 Å². The monoisotopic (exact) mass is 259 g/mol. The summed E-state index contributed by atoms with van der Waals surface area (Å²) in [6, 6.07) is 8.57. The lowest BCUT2D eigenvalue weighted by molar-refractivity contribution is 0.141. The van der Waals surface area contributed by atoms with Crippen LogP contribution in [0.5, 0.6) is 0 Å². The zero-order valence-electron chi connectivity index (χ0n) is 11.4. The second-order valence-corrected chi connectivity index (χ2v) is 5.57. The molecule has 0 bridgehead atoms. The smallest absolute Gasteiger partial charge is 0.321 e. The Morgan fingerprint density at radius 2 is 1.89 bits per heavy atom. The lowest BCUT2D eigenvalue weighted by Gasteiger charge is -2.36. The molecule has 0 radical (unpaired) electrons. The van der Waals surface area contributed by atoms with Crippen LogP contribution in [0.1, 0.15) is 18.4 Å². The Morgan fingerprint density at radius 1 is 1.16 bits per heavy atom. The van der Waals surface area contributed by atoms with Crippen LogP contribution in [-0.2, 0) is 6.42 Å². The van der Waals surface area contributed by atoms with Crippen LogP contribution >= 0.6 is 0 Å². The van der Waals surface area contributed by atoms with Crippen LogP contribution < -0.4 is 5.32 Å². The number of para-hydroxylation sites is 1. The minimum atomic E-state index is 0.0690. The van der Waals surface area contributed by atoms with Gasteiger partial charge in [0.2, 0.25) is 0 Å². The van der Waals surface area contributed by atoms with E-state index in [1.165, 1.54) is 5.56 Å². The highest BCUT2D eigenvalue weighted by Crippen LogP contribution is 2.23. The van der Waals surface area contributed by atoms with Crippen LogP contribution in [0.15, 0.2) is 24.3 Å². The Bertz CT molecular complexity index is 466. The van der Waals surface area contributed by atoms with Gasteiger partial charge in [0, 0.05) is 18.3 Å². The number of nitrogens with one attached hydrogen (secondary N) is 1. The third-order valence-electron chi connectivity index (χ3n) is 4.27. The molecule has 4 heteroatoms. The van der Waals surface area contributed by atoms with Crippen LogP contribution in [0.2, 0.25) is 0 Å². The molecule has 0 spiro atoms. The lowest BCUT2D eigenvalue weighted by atomic mass is 10.0. The lowest BCUT2D eigenvalue weighted by Crippen LogP contribution is -2.48. The van der Waals surface area contributed by atoms with Gasteiger partial charge in [0.05, 0.1) is 0 Å². The predicted molar refractivity (Wildman–Crippen MR) is 76.4 cm³/mol. The molecule has 4 nitrogen and oxygen atoms in total. The van der Waals surface area contributed by atoms with Crippen LogP contribution in [0.3, 0.4) is 0 Å². The molecule has 0 aliphatic carbocycles. The standard InChI is InChI=1S/C15H21N3O/c1-17-9-7-13(8-10-17)18-11-6-12-4-2-3-5-14(12)16-15(18)19/h2-5,13H,6-11H2,1H3,(H,16,19). The summed E-state index contributed by atoms with van der Waals surface area (Å²) >= 11 is 0. The number of carbonyl (C=O) groups excluding carboxylic acids is 1. The van der Waals surface area contributed by atoms with E-state index in [9.17, 15) is 4.79 Å². The summed E-state index contributed by atoms with van der Waals surface area (Å²) in [5.41, 5.74) is 2.22. The Balaban J connectivity index is 1.74. The minimum absolute atomic E-state index is 0.0690. The van der Waals surface area contributed by atoms with Crippen molar-refractivity contribution >= 4 is 11.7 Å². The Labute approximate surface area is 114 Å². The number of benzene rings is 1. The summed E-state index contributed by atoms with van der Waals surface area (Å²) in [5.74, 6) is 0. The van der Waals surface area contributed by atoms with Gasteiger partial charge in [-0.05, 0) is 51.0 Å². The number of fused-ring (bicyclic) bond motifs is 1. The first-order valence-corrected chi connectivity index (χ1v) is 7.08. The number of piperidine rings is 1. The fraction of sp³-hybridized carbons (Fsp3) is 0.533. The van der Waals surface area contributed by atoms with E-state index in [0.29, 0.717) is 6.04 Å². The van der Waals surface area contributed by atoms with Gasteiger partial charge in [0.1, 0.15) is 0 Å². The second kappa shape index (κ2) is 5.21. The molecular formula is C15H21N3O. The highest BCUT2D eigenvalue weighted by Gasteiger charge is 2.28. The van der Waals surface area contributed by atoms with Gasteiger partial charge >= 0.3 is 6.03 Å². The largest absolute Gasteiger partial charge is 0.322 e. The molecule has 3 rings (SSSR count). The summed E-state index contributed by atoms with van der Waals surface area (Å²) in [6.45, 7) is 3.00. The average Bonchev–Trinajstić information content (AvgIpc) is 2.58. The summed E-state index contributed by atoms with van der Waals surface area (Å²) in [7, 11) is 2.15. The molecule has 2 aliphatic heterocycles. The highest BCUT2D eigenvalue weighted by molar-refractivity contribution is 5.91. The first kappa shape index (κ1) is 12.5. The molecule has 1 saturated heterocycles. The van der Waals surface area contributed by atoms with Gasteiger partial charge in [-0.1, -0.05) is 18.2 Å². The number of carbonyl (C=O) groups is 1. The zero-order chi connectivity index (χ0) is 13.2.